The molecule has 0 saturated carbocycles. The molecule has 0 N–H and O–H groups in total. The molecule has 1 heterocycles. The highest BCUT2D eigenvalue weighted by Crippen LogP contribution is 2.32. The van der Waals surface area contributed by atoms with Crippen molar-refractivity contribution in [3.63, 3.8) is 0 Å². The fraction of sp³-hybridized carbons (Fsp3) is 0. The minimum atomic E-state index is 1.01. The lowest BCUT2D eigenvalue weighted by Crippen LogP contribution is -1.93. The summed E-state index contributed by atoms with van der Waals surface area (Å²) in [6.45, 7) is 0. The van der Waals surface area contributed by atoms with Crippen LogP contribution in [0.25, 0.3) is 49.0 Å². The summed E-state index contributed by atoms with van der Waals surface area (Å²) < 4.78 is 2.33. The number of para-hydroxylation sites is 2. The molecule has 1 heteroatoms. The van der Waals surface area contributed by atoms with Crippen molar-refractivity contribution in [2.45, 2.75) is 0 Å². The lowest BCUT2D eigenvalue weighted by atomic mass is 9.97. The molecule has 0 aliphatic rings. The lowest BCUT2D eigenvalue weighted by Gasteiger charge is -2.08. The molecule has 162 valence electrons. The van der Waals surface area contributed by atoms with Gasteiger partial charge in [-0.05, 0) is 64.0 Å². The van der Waals surface area contributed by atoms with Gasteiger partial charge >= 0.3 is 0 Å². The molecule has 0 amide bonds. The quantitative estimate of drug-likeness (QED) is 0.177. The van der Waals surface area contributed by atoms with Crippen molar-refractivity contribution in [3.8, 4) is 17.5 Å². The molecule has 7 rings (SSSR count). The minimum Gasteiger partial charge on any atom is -0.309 e. The van der Waals surface area contributed by atoms with E-state index in [2.05, 4.69) is 144 Å². The van der Waals surface area contributed by atoms with E-state index in [1.165, 1.54) is 43.4 Å². The maximum absolute atomic E-state index is 3.50. The molecule has 0 aliphatic carbocycles. The first kappa shape index (κ1) is 19.6. The zero-order valence-corrected chi connectivity index (χ0v) is 19.1. The lowest BCUT2D eigenvalue weighted by molar-refractivity contribution is 1.18. The summed E-state index contributed by atoms with van der Waals surface area (Å²) in [6.07, 6.45) is 0. The largest absolute Gasteiger partial charge is 0.309 e. The van der Waals surface area contributed by atoms with Gasteiger partial charge in [-0.15, -0.1) is 0 Å². The van der Waals surface area contributed by atoms with Gasteiger partial charge in [0.05, 0.1) is 11.0 Å². The van der Waals surface area contributed by atoms with Crippen molar-refractivity contribution in [1.82, 2.24) is 4.57 Å². The second-order valence-corrected chi connectivity index (χ2v) is 8.86. The van der Waals surface area contributed by atoms with Crippen molar-refractivity contribution in [3.05, 3.63) is 139 Å². The molecule has 0 bridgehead atoms. The van der Waals surface area contributed by atoms with E-state index < -0.39 is 0 Å². The molecular weight excluding hydrogens is 422 g/mol. The van der Waals surface area contributed by atoms with Gasteiger partial charge in [0, 0.05) is 27.6 Å². The average Bonchev–Trinajstić information content (AvgIpc) is 3.26. The van der Waals surface area contributed by atoms with Gasteiger partial charge in [0.25, 0.3) is 0 Å². The summed E-state index contributed by atoms with van der Waals surface area (Å²) in [7, 11) is 0. The summed E-state index contributed by atoms with van der Waals surface area (Å²) in [5.41, 5.74) is 5.67. The molecule has 35 heavy (non-hydrogen) atoms. The normalized spacial score (nSPS) is 11.2. The van der Waals surface area contributed by atoms with Gasteiger partial charge in [-0.3, -0.25) is 0 Å². The highest BCUT2D eigenvalue weighted by atomic mass is 15.0. The van der Waals surface area contributed by atoms with E-state index >= 15 is 0 Å². The van der Waals surface area contributed by atoms with Crippen LogP contribution < -0.4 is 0 Å². The second-order valence-electron chi connectivity index (χ2n) is 8.86. The Hall–Kier alpha value is -4.80. The predicted molar refractivity (Wildman–Crippen MR) is 148 cm³/mol. The van der Waals surface area contributed by atoms with Gasteiger partial charge in [-0.2, -0.15) is 0 Å². The predicted octanol–water partition coefficient (Wildman–Crippen LogP) is 8.49. The molecule has 1 nitrogen and oxygen atoms in total. The van der Waals surface area contributed by atoms with Gasteiger partial charge in [0.2, 0.25) is 0 Å². The van der Waals surface area contributed by atoms with Gasteiger partial charge in [0.1, 0.15) is 0 Å². The van der Waals surface area contributed by atoms with E-state index in [1.807, 2.05) is 0 Å². The third kappa shape index (κ3) is 3.20. The molecule has 0 aliphatic heterocycles. The number of aromatic nitrogens is 1. The van der Waals surface area contributed by atoms with Crippen LogP contribution in [0.1, 0.15) is 11.1 Å². The van der Waals surface area contributed by atoms with Crippen LogP contribution in [0.3, 0.4) is 0 Å². The van der Waals surface area contributed by atoms with E-state index in [0.29, 0.717) is 0 Å². The number of rotatable bonds is 1. The molecule has 0 saturated heterocycles. The molecule has 0 atom stereocenters. The highest BCUT2D eigenvalue weighted by Gasteiger charge is 2.11. The number of hydrogen-bond acceptors (Lipinski definition) is 0. The Bertz CT molecular complexity index is 1840. The van der Waals surface area contributed by atoms with Crippen LogP contribution in [0.4, 0.5) is 0 Å². The molecule has 0 unspecified atom stereocenters. The zero-order valence-electron chi connectivity index (χ0n) is 19.1. The highest BCUT2D eigenvalue weighted by molar-refractivity contribution is 6.09. The van der Waals surface area contributed by atoms with Crippen molar-refractivity contribution in [2.75, 3.05) is 0 Å². The standard InChI is InChI=1S/C34H21N/c1-3-11-28-25(9-1)23-26-10-2-4-12-29(26)30(28)22-19-24-17-20-27(21-18-24)35-33-15-7-5-13-31(33)32-14-6-8-16-34(32)35/h1-18,20-21,23H. The van der Waals surface area contributed by atoms with Crippen LogP contribution in [0.2, 0.25) is 0 Å². The number of nitrogens with zero attached hydrogens (tertiary/aromatic N) is 1. The molecule has 0 radical (unpaired) electrons. The van der Waals surface area contributed by atoms with Crippen molar-refractivity contribution < 1.29 is 0 Å². The van der Waals surface area contributed by atoms with E-state index in [9.17, 15) is 0 Å². The van der Waals surface area contributed by atoms with Gasteiger partial charge < -0.3 is 4.57 Å². The van der Waals surface area contributed by atoms with Crippen LogP contribution in [-0.4, -0.2) is 4.57 Å². The van der Waals surface area contributed by atoms with E-state index in [-0.39, 0.29) is 0 Å². The molecule has 6 aromatic carbocycles. The van der Waals surface area contributed by atoms with Gasteiger partial charge in [-0.1, -0.05) is 96.8 Å². The Balaban J connectivity index is 1.35. The SMILES string of the molecule is C(#Cc1c2ccccc2cc2ccccc12)c1ccc(-n2c3ccccc3c3ccccc32)cc1. The van der Waals surface area contributed by atoms with Crippen LogP contribution in [0.15, 0.2) is 127 Å². The topological polar surface area (TPSA) is 4.93 Å². The van der Waals surface area contributed by atoms with Crippen LogP contribution in [0.5, 0.6) is 0 Å². The first-order valence-electron chi connectivity index (χ1n) is 11.9. The van der Waals surface area contributed by atoms with Crippen molar-refractivity contribution in [2.24, 2.45) is 0 Å². The number of benzene rings is 6. The molecular formula is C34H21N. The maximum Gasteiger partial charge on any atom is 0.0541 e. The maximum atomic E-state index is 3.50. The van der Waals surface area contributed by atoms with Gasteiger partial charge in [0.15, 0.2) is 0 Å². The van der Waals surface area contributed by atoms with Crippen molar-refractivity contribution in [1.29, 1.82) is 0 Å². The van der Waals surface area contributed by atoms with Crippen molar-refractivity contribution >= 4 is 43.4 Å². The fourth-order valence-electron chi connectivity index (χ4n) is 5.18. The van der Waals surface area contributed by atoms with E-state index in [1.54, 1.807) is 0 Å². The first-order chi connectivity index (χ1) is 17.4. The van der Waals surface area contributed by atoms with Crippen LogP contribution in [-0.2, 0) is 0 Å². The summed E-state index contributed by atoms with van der Waals surface area (Å²) in [6, 6.07) is 45.0. The summed E-state index contributed by atoms with van der Waals surface area (Å²) in [4.78, 5) is 0. The third-order valence-corrected chi connectivity index (χ3v) is 6.81. The third-order valence-electron chi connectivity index (χ3n) is 6.81. The summed E-state index contributed by atoms with van der Waals surface area (Å²) in [5, 5.41) is 7.38. The Labute approximate surface area is 203 Å². The second kappa shape index (κ2) is 7.90. The summed E-state index contributed by atoms with van der Waals surface area (Å²) in [5.74, 6) is 6.94. The number of fused-ring (bicyclic) bond motifs is 5. The zero-order chi connectivity index (χ0) is 23.2. The smallest absolute Gasteiger partial charge is 0.0541 e. The minimum absolute atomic E-state index is 1.01. The molecule has 0 spiro atoms. The summed E-state index contributed by atoms with van der Waals surface area (Å²) >= 11 is 0. The monoisotopic (exact) mass is 443 g/mol. The molecule has 1 aromatic heterocycles. The van der Waals surface area contributed by atoms with E-state index in [4.69, 9.17) is 0 Å². The Kier molecular flexibility index (Phi) is 4.44. The Morgan fingerprint density at radius 3 is 1.49 bits per heavy atom. The Morgan fingerprint density at radius 1 is 0.429 bits per heavy atom. The van der Waals surface area contributed by atoms with Crippen LogP contribution in [0, 0.1) is 11.8 Å². The first-order valence-corrected chi connectivity index (χ1v) is 11.9. The average molecular weight is 444 g/mol. The molecule has 0 fully saturated rings. The van der Waals surface area contributed by atoms with Crippen LogP contribution >= 0.6 is 0 Å². The molecule has 7 aromatic rings. The van der Waals surface area contributed by atoms with Gasteiger partial charge in [-0.25, -0.2) is 0 Å². The number of hydrogen-bond donors (Lipinski definition) is 0. The van der Waals surface area contributed by atoms with E-state index in [0.717, 1.165) is 16.8 Å². The Morgan fingerprint density at radius 2 is 0.914 bits per heavy atom. The fourth-order valence-corrected chi connectivity index (χ4v) is 5.18.